The van der Waals surface area contributed by atoms with E-state index in [1.54, 1.807) is 18.3 Å². The molecule has 0 fully saturated rings. The van der Waals surface area contributed by atoms with E-state index < -0.39 is 5.76 Å². The fraction of sp³-hybridized carbons (Fsp3) is 0.190. The number of fused-ring (bicyclic) bond motifs is 1. The lowest BCUT2D eigenvalue weighted by Gasteiger charge is -2.13. The second kappa shape index (κ2) is 7.40. The highest BCUT2D eigenvalue weighted by molar-refractivity contribution is 5.78. The number of benzene rings is 2. The molecule has 0 atom stereocenters. The van der Waals surface area contributed by atoms with E-state index in [9.17, 15) is 9.90 Å². The van der Waals surface area contributed by atoms with Crippen LogP contribution in [0.4, 0.5) is 23.1 Å². The Morgan fingerprint density at radius 1 is 1.07 bits per heavy atom. The fourth-order valence-electron chi connectivity index (χ4n) is 3.09. The van der Waals surface area contributed by atoms with Crippen molar-refractivity contribution in [2.45, 2.75) is 27.4 Å². The zero-order valence-electron chi connectivity index (χ0n) is 16.3. The molecule has 0 saturated carbocycles. The van der Waals surface area contributed by atoms with Gasteiger partial charge in [0.1, 0.15) is 5.82 Å². The number of aliphatic hydroxyl groups is 1. The highest BCUT2D eigenvalue weighted by Gasteiger charge is 2.09. The second-order valence-corrected chi connectivity index (χ2v) is 6.94. The van der Waals surface area contributed by atoms with Crippen LogP contribution >= 0.6 is 0 Å². The van der Waals surface area contributed by atoms with Gasteiger partial charge in [-0.15, -0.1) is 0 Å². The molecule has 0 aliphatic rings. The van der Waals surface area contributed by atoms with Crippen molar-refractivity contribution >= 4 is 34.2 Å². The number of aliphatic hydroxyl groups excluding tert-OH is 1. The number of nitrogens with zero attached hydrogens (tertiary/aromatic N) is 2. The maximum atomic E-state index is 11.3. The van der Waals surface area contributed by atoms with Gasteiger partial charge < -0.3 is 20.2 Å². The van der Waals surface area contributed by atoms with Crippen LogP contribution in [-0.2, 0) is 6.61 Å². The molecule has 0 radical (unpaired) electrons. The first-order valence-corrected chi connectivity index (χ1v) is 9.14. The smallest absolute Gasteiger partial charge is 0.408 e. The molecule has 2 aromatic carbocycles. The number of nitrogens with one attached hydrogen (secondary N) is 3. The highest BCUT2D eigenvalue weighted by atomic mass is 16.4. The number of rotatable bonds is 5. The van der Waals surface area contributed by atoms with Crippen LogP contribution in [0.2, 0.25) is 0 Å². The van der Waals surface area contributed by atoms with E-state index >= 15 is 0 Å². The minimum atomic E-state index is -0.488. The van der Waals surface area contributed by atoms with Crippen molar-refractivity contribution in [2.24, 2.45) is 0 Å². The molecule has 0 aliphatic heterocycles. The Morgan fingerprint density at radius 2 is 1.90 bits per heavy atom. The van der Waals surface area contributed by atoms with Crippen molar-refractivity contribution < 1.29 is 9.52 Å². The maximum absolute atomic E-state index is 11.3. The van der Waals surface area contributed by atoms with Gasteiger partial charge in [0.2, 0.25) is 5.95 Å². The molecule has 4 N–H and O–H groups in total. The normalized spacial score (nSPS) is 11.0. The van der Waals surface area contributed by atoms with E-state index in [2.05, 4.69) is 25.6 Å². The van der Waals surface area contributed by atoms with Crippen molar-refractivity contribution in [3.05, 3.63) is 69.3 Å². The summed E-state index contributed by atoms with van der Waals surface area (Å²) < 4.78 is 5.03. The van der Waals surface area contributed by atoms with Crippen molar-refractivity contribution in [2.75, 3.05) is 10.6 Å². The SMILES string of the molecule is Cc1cnc(Nc2cc(C)c(C)c(CO)c2)nc1Nc1ccc2oc(=O)[nH]c2c1. The van der Waals surface area contributed by atoms with Crippen LogP contribution in [0.5, 0.6) is 0 Å². The van der Waals surface area contributed by atoms with Gasteiger partial charge in [-0.05, 0) is 67.8 Å². The third-order valence-electron chi connectivity index (χ3n) is 4.85. The lowest BCUT2D eigenvalue weighted by molar-refractivity contribution is 0.281. The molecule has 8 heteroatoms. The molecule has 4 aromatic rings. The lowest BCUT2D eigenvalue weighted by Crippen LogP contribution is -2.04. The Balaban J connectivity index is 1.62. The fourth-order valence-corrected chi connectivity index (χ4v) is 3.09. The summed E-state index contributed by atoms with van der Waals surface area (Å²) in [4.78, 5) is 22.9. The van der Waals surface area contributed by atoms with Crippen LogP contribution < -0.4 is 16.4 Å². The Labute approximate surface area is 166 Å². The number of hydrogen-bond donors (Lipinski definition) is 4. The van der Waals surface area contributed by atoms with Gasteiger partial charge in [0.15, 0.2) is 5.58 Å². The number of hydrogen-bond acceptors (Lipinski definition) is 7. The van der Waals surface area contributed by atoms with E-state index in [4.69, 9.17) is 4.42 Å². The molecular weight excluding hydrogens is 370 g/mol. The summed E-state index contributed by atoms with van der Waals surface area (Å²) in [6.45, 7) is 5.87. The molecule has 0 unspecified atom stereocenters. The van der Waals surface area contributed by atoms with Gasteiger partial charge in [-0.1, -0.05) is 0 Å². The third-order valence-corrected chi connectivity index (χ3v) is 4.85. The van der Waals surface area contributed by atoms with Gasteiger partial charge in [0.25, 0.3) is 0 Å². The van der Waals surface area contributed by atoms with E-state index in [0.29, 0.717) is 22.9 Å². The molecule has 148 valence electrons. The summed E-state index contributed by atoms with van der Waals surface area (Å²) in [6, 6.07) is 9.20. The number of aryl methyl sites for hydroxylation is 2. The Kier molecular flexibility index (Phi) is 4.77. The molecule has 2 heterocycles. The van der Waals surface area contributed by atoms with Crippen molar-refractivity contribution in [3.63, 3.8) is 0 Å². The minimum absolute atomic E-state index is 0.0255. The van der Waals surface area contributed by atoms with Gasteiger partial charge in [-0.25, -0.2) is 9.78 Å². The van der Waals surface area contributed by atoms with Gasteiger partial charge >= 0.3 is 5.76 Å². The van der Waals surface area contributed by atoms with Crippen LogP contribution in [0.1, 0.15) is 22.3 Å². The summed E-state index contributed by atoms with van der Waals surface area (Å²) in [5, 5.41) is 16.0. The van der Waals surface area contributed by atoms with Crippen LogP contribution in [0.3, 0.4) is 0 Å². The number of oxazole rings is 1. The van der Waals surface area contributed by atoms with Crippen molar-refractivity contribution in [1.82, 2.24) is 15.0 Å². The molecule has 0 spiro atoms. The highest BCUT2D eigenvalue weighted by Crippen LogP contribution is 2.25. The summed E-state index contributed by atoms with van der Waals surface area (Å²) in [6.07, 6.45) is 1.73. The Morgan fingerprint density at radius 3 is 2.69 bits per heavy atom. The Hall–Kier alpha value is -3.65. The summed E-state index contributed by atoms with van der Waals surface area (Å²) >= 11 is 0. The monoisotopic (exact) mass is 391 g/mol. The Bertz CT molecular complexity index is 1260. The lowest BCUT2D eigenvalue weighted by atomic mass is 10.0. The maximum Gasteiger partial charge on any atom is 0.417 e. The van der Waals surface area contributed by atoms with Crippen LogP contribution in [-0.4, -0.2) is 20.1 Å². The number of aromatic amines is 1. The van der Waals surface area contributed by atoms with E-state index in [1.165, 1.54) is 0 Å². The molecule has 8 nitrogen and oxygen atoms in total. The predicted molar refractivity (Wildman–Crippen MR) is 112 cm³/mol. The van der Waals surface area contributed by atoms with E-state index in [-0.39, 0.29) is 6.61 Å². The quantitative estimate of drug-likeness (QED) is 0.409. The van der Waals surface area contributed by atoms with Gasteiger partial charge in [0, 0.05) is 23.1 Å². The molecular formula is C21H21N5O3. The summed E-state index contributed by atoms with van der Waals surface area (Å²) in [7, 11) is 0. The van der Waals surface area contributed by atoms with Crippen LogP contribution in [0.15, 0.2) is 45.7 Å². The molecule has 29 heavy (non-hydrogen) atoms. The number of H-pyrrole nitrogens is 1. The first kappa shape index (κ1) is 18.7. The largest absolute Gasteiger partial charge is 0.417 e. The zero-order valence-corrected chi connectivity index (χ0v) is 16.3. The van der Waals surface area contributed by atoms with E-state index in [1.807, 2.05) is 39.0 Å². The summed E-state index contributed by atoms with van der Waals surface area (Å²) in [5.74, 6) is 0.583. The molecule has 0 saturated heterocycles. The number of aromatic nitrogens is 3. The number of anilines is 4. The second-order valence-electron chi connectivity index (χ2n) is 6.94. The van der Waals surface area contributed by atoms with E-state index in [0.717, 1.165) is 33.6 Å². The molecule has 0 bridgehead atoms. The average Bonchev–Trinajstić information content (AvgIpc) is 3.06. The van der Waals surface area contributed by atoms with Crippen molar-refractivity contribution in [1.29, 1.82) is 0 Å². The van der Waals surface area contributed by atoms with Gasteiger partial charge in [-0.2, -0.15) is 4.98 Å². The first-order valence-electron chi connectivity index (χ1n) is 9.14. The topological polar surface area (TPSA) is 116 Å². The molecule has 0 aliphatic carbocycles. The molecule has 4 rings (SSSR count). The van der Waals surface area contributed by atoms with Crippen molar-refractivity contribution in [3.8, 4) is 0 Å². The standard InChI is InChI=1S/C21H21N5O3/c1-11-6-16(7-14(10-27)13(11)3)24-20-22-9-12(2)19(26-20)23-15-4-5-18-17(8-15)25-21(28)29-18/h4-9,27H,10H2,1-3H3,(H,25,28)(H2,22,23,24,26). The minimum Gasteiger partial charge on any atom is -0.408 e. The van der Waals surface area contributed by atoms with Crippen LogP contribution in [0, 0.1) is 20.8 Å². The zero-order chi connectivity index (χ0) is 20.5. The van der Waals surface area contributed by atoms with Gasteiger partial charge in [0.05, 0.1) is 12.1 Å². The third kappa shape index (κ3) is 3.83. The van der Waals surface area contributed by atoms with Crippen LogP contribution in [0.25, 0.3) is 11.1 Å². The molecule has 0 amide bonds. The molecule has 2 aromatic heterocycles. The predicted octanol–water partition coefficient (Wildman–Crippen LogP) is 3.82. The van der Waals surface area contributed by atoms with Gasteiger partial charge in [-0.3, -0.25) is 4.98 Å². The average molecular weight is 391 g/mol. The summed E-state index contributed by atoms with van der Waals surface area (Å²) in [5.41, 5.74) is 6.55. The first-order chi connectivity index (χ1) is 13.9.